The Kier molecular flexibility index (Phi) is 4.24. The molecule has 4 nitrogen and oxygen atoms in total. The number of rotatable bonds is 2. The lowest BCUT2D eigenvalue weighted by atomic mass is 9.70. The Bertz CT molecular complexity index is 523. The minimum absolute atomic E-state index is 0.172. The van der Waals surface area contributed by atoms with Crippen molar-refractivity contribution in [3.63, 3.8) is 0 Å². The first-order valence-electron chi connectivity index (χ1n) is 7.42. The van der Waals surface area contributed by atoms with Crippen LogP contribution in [0.2, 0.25) is 0 Å². The number of H-pyrrole nitrogens is 1. The van der Waals surface area contributed by atoms with Crippen LogP contribution in [0, 0.1) is 11.8 Å². The molecule has 1 amide bonds. The van der Waals surface area contributed by atoms with E-state index < -0.39 is 0 Å². The molecule has 2 saturated carbocycles. The van der Waals surface area contributed by atoms with Crippen LogP contribution in [-0.4, -0.2) is 16.6 Å². The molecule has 0 spiro atoms. The third-order valence-corrected chi connectivity index (χ3v) is 5.03. The van der Waals surface area contributed by atoms with Gasteiger partial charge in [0.1, 0.15) is 5.69 Å². The van der Waals surface area contributed by atoms with Crippen LogP contribution in [0.4, 0.5) is 0 Å². The van der Waals surface area contributed by atoms with Crippen LogP contribution in [0.5, 0.6) is 0 Å². The summed E-state index contributed by atoms with van der Waals surface area (Å²) in [7, 11) is 0. The lowest BCUT2D eigenvalue weighted by Crippen LogP contribution is -2.29. The topological polar surface area (TPSA) is 57.2 Å². The zero-order valence-corrected chi connectivity index (χ0v) is 13.1. The van der Waals surface area contributed by atoms with Gasteiger partial charge in [-0.2, -0.15) is 5.10 Å². The number of carbonyl (C=O) groups excluding carboxylic acids is 1. The molecule has 0 bridgehead atoms. The Hall–Kier alpha value is -1.10. The van der Waals surface area contributed by atoms with Crippen molar-refractivity contribution in [1.82, 2.24) is 10.4 Å². The Morgan fingerprint density at radius 2 is 2.10 bits per heavy atom. The second-order valence-electron chi connectivity index (χ2n) is 5.90. The number of halogens is 1. The molecule has 0 aromatic carbocycles. The van der Waals surface area contributed by atoms with Crippen molar-refractivity contribution < 1.29 is 4.79 Å². The average molecular weight is 338 g/mol. The average Bonchev–Trinajstić information content (AvgIpc) is 2.91. The van der Waals surface area contributed by atoms with Crippen molar-refractivity contribution in [2.75, 3.05) is 0 Å². The highest BCUT2D eigenvalue weighted by Crippen LogP contribution is 2.39. The van der Waals surface area contributed by atoms with E-state index in [1.54, 1.807) is 12.3 Å². The van der Waals surface area contributed by atoms with Gasteiger partial charge in [-0.3, -0.25) is 4.79 Å². The quantitative estimate of drug-likeness (QED) is 0.791. The zero-order chi connectivity index (χ0) is 13.9. The van der Waals surface area contributed by atoms with Crippen LogP contribution in [0.1, 0.15) is 55.4 Å². The van der Waals surface area contributed by atoms with Crippen molar-refractivity contribution in [3.05, 3.63) is 22.4 Å². The number of nitrogens with zero attached hydrogens (tertiary/aromatic N) is 1. The molecule has 2 N–H and O–H groups in total. The molecule has 20 heavy (non-hydrogen) atoms. The van der Waals surface area contributed by atoms with Crippen molar-refractivity contribution in [2.45, 2.75) is 44.9 Å². The van der Waals surface area contributed by atoms with Gasteiger partial charge in [0.15, 0.2) is 0 Å². The molecule has 2 fully saturated rings. The van der Waals surface area contributed by atoms with Crippen LogP contribution in [-0.2, 0) is 0 Å². The summed E-state index contributed by atoms with van der Waals surface area (Å²) in [5.74, 6) is 1.53. The van der Waals surface area contributed by atoms with Crippen molar-refractivity contribution in [1.29, 1.82) is 0 Å². The van der Waals surface area contributed by atoms with Crippen LogP contribution >= 0.6 is 15.9 Å². The van der Waals surface area contributed by atoms with E-state index in [4.69, 9.17) is 0 Å². The summed E-state index contributed by atoms with van der Waals surface area (Å²) in [6, 6.07) is 1.76. The summed E-state index contributed by atoms with van der Waals surface area (Å²) in [6.45, 7) is 0. The fraction of sp³-hybridized carbons (Fsp3) is 0.600. The molecular weight excluding hydrogens is 318 g/mol. The van der Waals surface area contributed by atoms with Gasteiger partial charge < -0.3 is 4.98 Å². The molecule has 1 heterocycles. The van der Waals surface area contributed by atoms with Gasteiger partial charge in [0.25, 0.3) is 5.91 Å². The zero-order valence-electron chi connectivity index (χ0n) is 11.5. The molecule has 2 aliphatic rings. The molecule has 1 aromatic rings. The molecule has 1 aromatic heterocycles. The number of aromatic amines is 1. The van der Waals surface area contributed by atoms with Gasteiger partial charge in [0.2, 0.25) is 0 Å². The maximum absolute atomic E-state index is 11.9. The molecule has 5 heteroatoms. The highest BCUT2D eigenvalue weighted by atomic mass is 79.9. The number of amides is 1. The highest BCUT2D eigenvalue weighted by molar-refractivity contribution is 9.10. The molecular formula is C15H20BrN3O. The number of nitrogens with one attached hydrogen (secondary N) is 2. The van der Waals surface area contributed by atoms with Gasteiger partial charge in [-0.25, -0.2) is 5.43 Å². The number of carbonyl (C=O) groups is 1. The number of aromatic nitrogens is 1. The Morgan fingerprint density at radius 3 is 2.85 bits per heavy atom. The summed E-state index contributed by atoms with van der Waals surface area (Å²) in [5, 5.41) is 4.34. The normalized spacial score (nSPS) is 28.1. The lowest BCUT2D eigenvalue weighted by molar-refractivity contribution is 0.0949. The van der Waals surface area contributed by atoms with Gasteiger partial charge in [-0.05, 0) is 59.5 Å². The molecule has 2 atom stereocenters. The van der Waals surface area contributed by atoms with Gasteiger partial charge >= 0.3 is 0 Å². The molecule has 0 aliphatic heterocycles. The first-order valence-corrected chi connectivity index (χ1v) is 8.21. The van der Waals surface area contributed by atoms with Gasteiger partial charge in [0.05, 0.1) is 0 Å². The molecule has 0 saturated heterocycles. The number of hydrogen-bond donors (Lipinski definition) is 2. The second kappa shape index (κ2) is 6.12. The molecule has 3 rings (SSSR count). The summed E-state index contributed by atoms with van der Waals surface area (Å²) in [4.78, 5) is 14.8. The fourth-order valence-corrected chi connectivity index (χ4v) is 3.82. The largest absolute Gasteiger partial charge is 0.356 e. The SMILES string of the molecule is O=C(N/N=C1/CC[C@H]2CCCC[C@@H]2C1)c1cc(Br)c[nH]1. The van der Waals surface area contributed by atoms with Crippen LogP contribution in [0.25, 0.3) is 0 Å². The maximum atomic E-state index is 11.9. The third-order valence-electron chi connectivity index (χ3n) is 4.58. The Labute approximate surface area is 127 Å². The smallest absolute Gasteiger partial charge is 0.287 e. The molecule has 0 radical (unpaired) electrons. The minimum atomic E-state index is -0.172. The van der Waals surface area contributed by atoms with E-state index in [0.717, 1.165) is 34.9 Å². The predicted octanol–water partition coefficient (Wildman–Crippen LogP) is 3.85. The van der Waals surface area contributed by atoms with E-state index in [1.165, 1.54) is 32.1 Å². The Morgan fingerprint density at radius 1 is 1.30 bits per heavy atom. The van der Waals surface area contributed by atoms with Crippen LogP contribution < -0.4 is 5.43 Å². The monoisotopic (exact) mass is 337 g/mol. The predicted molar refractivity (Wildman–Crippen MR) is 82.7 cm³/mol. The van der Waals surface area contributed by atoms with Crippen molar-refractivity contribution in [2.24, 2.45) is 16.9 Å². The number of hydrogen-bond acceptors (Lipinski definition) is 2. The summed E-state index contributed by atoms with van der Waals surface area (Å²) in [6.07, 6.45) is 10.6. The van der Waals surface area contributed by atoms with Gasteiger partial charge in [-0.15, -0.1) is 0 Å². The minimum Gasteiger partial charge on any atom is -0.356 e. The Balaban J connectivity index is 1.58. The first-order chi connectivity index (χ1) is 9.72. The number of fused-ring (bicyclic) bond motifs is 1. The molecule has 108 valence electrons. The molecule has 2 aliphatic carbocycles. The molecule has 0 unspecified atom stereocenters. The standard InChI is InChI=1S/C15H20BrN3O/c16-12-8-14(17-9-12)15(20)19-18-13-6-5-10-3-1-2-4-11(10)7-13/h8-11,17H,1-7H2,(H,19,20)/b18-13-/t10-,11-/m1/s1. The third kappa shape index (κ3) is 3.14. The first kappa shape index (κ1) is 13.9. The maximum Gasteiger partial charge on any atom is 0.287 e. The van der Waals surface area contributed by atoms with E-state index >= 15 is 0 Å². The van der Waals surface area contributed by atoms with E-state index in [1.807, 2.05) is 0 Å². The van der Waals surface area contributed by atoms with E-state index in [0.29, 0.717) is 5.69 Å². The fourth-order valence-electron chi connectivity index (χ4n) is 3.48. The van der Waals surface area contributed by atoms with Crippen LogP contribution in [0.15, 0.2) is 21.8 Å². The van der Waals surface area contributed by atoms with E-state index in [2.05, 4.69) is 31.4 Å². The second-order valence-corrected chi connectivity index (χ2v) is 6.81. The van der Waals surface area contributed by atoms with Gasteiger partial charge in [-0.1, -0.05) is 19.3 Å². The summed E-state index contributed by atoms with van der Waals surface area (Å²) >= 11 is 3.32. The summed E-state index contributed by atoms with van der Waals surface area (Å²) < 4.78 is 0.873. The van der Waals surface area contributed by atoms with Crippen molar-refractivity contribution >= 4 is 27.5 Å². The van der Waals surface area contributed by atoms with Crippen molar-refractivity contribution in [3.8, 4) is 0 Å². The highest BCUT2D eigenvalue weighted by Gasteiger charge is 2.30. The van der Waals surface area contributed by atoms with E-state index in [9.17, 15) is 4.79 Å². The van der Waals surface area contributed by atoms with E-state index in [-0.39, 0.29) is 5.91 Å². The summed E-state index contributed by atoms with van der Waals surface area (Å²) in [5.41, 5.74) is 4.37. The van der Waals surface area contributed by atoms with Crippen LogP contribution in [0.3, 0.4) is 0 Å². The lowest BCUT2D eigenvalue weighted by Gasteiger charge is -2.35. The number of hydrazone groups is 1. The van der Waals surface area contributed by atoms with Gasteiger partial charge in [0, 0.05) is 16.4 Å².